The van der Waals surface area contributed by atoms with Gasteiger partial charge in [-0.3, -0.25) is 14.7 Å². The summed E-state index contributed by atoms with van der Waals surface area (Å²) in [6, 6.07) is 5.17. The highest BCUT2D eigenvalue weighted by Gasteiger charge is 2.16. The second kappa shape index (κ2) is 6.30. The van der Waals surface area contributed by atoms with Gasteiger partial charge in [-0.1, -0.05) is 29.3 Å². The van der Waals surface area contributed by atoms with Crippen molar-refractivity contribution in [3.63, 3.8) is 0 Å². The monoisotopic (exact) mass is 365 g/mol. The minimum atomic E-state index is -0.957. The Morgan fingerprint density at radius 1 is 1.33 bits per heavy atom. The van der Waals surface area contributed by atoms with Gasteiger partial charge in [-0.25, -0.2) is 9.50 Å². The third kappa shape index (κ3) is 2.90. The molecule has 0 aliphatic rings. The Balaban J connectivity index is 2.15. The van der Waals surface area contributed by atoms with Crippen LogP contribution >= 0.6 is 23.2 Å². The molecule has 2 heterocycles. The van der Waals surface area contributed by atoms with E-state index in [0.717, 1.165) is 5.56 Å². The van der Waals surface area contributed by atoms with Crippen molar-refractivity contribution in [2.45, 2.75) is 19.8 Å². The summed E-state index contributed by atoms with van der Waals surface area (Å²) in [6.45, 7) is 1.70. The van der Waals surface area contributed by atoms with Gasteiger partial charge in [0, 0.05) is 29.4 Å². The van der Waals surface area contributed by atoms with Crippen molar-refractivity contribution in [2.75, 3.05) is 0 Å². The number of rotatable bonds is 4. The van der Waals surface area contributed by atoms with Gasteiger partial charge in [-0.15, -0.1) is 0 Å². The number of fused-ring (bicyclic) bond motifs is 1. The quantitative estimate of drug-likeness (QED) is 0.742. The molecular weight excluding hydrogens is 353 g/mol. The van der Waals surface area contributed by atoms with Crippen LogP contribution in [0.2, 0.25) is 10.0 Å². The largest absolute Gasteiger partial charge is 0.481 e. The van der Waals surface area contributed by atoms with Crippen LogP contribution in [0.25, 0.3) is 16.8 Å². The Kier molecular flexibility index (Phi) is 4.34. The molecule has 1 aromatic carbocycles. The Hall–Kier alpha value is -2.31. The highest BCUT2D eigenvalue weighted by atomic mass is 35.5. The maximum atomic E-state index is 12.6. The second-order valence-corrected chi connectivity index (χ2v) is 6.16. The van der Waals surface area contributed by atoms with Crippen LogP contribution in [0, 0.1) is 6.92 Å². The van der Waals surface area contributed by atoms with Gasteiger partial charge in [0.2, 0.25) is 0 Å². The Labute approximate surface area is 146 Å². The van der Waals surface area contributed by atoms with Crippen molar-refractivity contribution in [3.05, 3.63) is 56.1 Å². The molecule has 124 valence electrons. The number of aliphatic carboxylic acids is 1. The summed E-state index contributed by atoms with van der Waals surface area (Å²) in [5.74, 6) is -0.957. The standard InChI is InChI=1S/C16H13Cl2N3O3/c1-8-10(3-5-14(22)23)16(24)21-15(20-8)11(7-19-21)9-2-4-12(17)13(18)6-9/h2,4,6-7,19H,3,5H2,1H3,(H,22,23). The van der Waals surface area contributed by atoms with E-state index in [1.807, 2.05) is 0 Å². The molecule has 0 saturated carbocycles. The number of aryl methyl sites for hydroxylation is 1. The topological polar surface area (TPSA) is 87.5 Å². The average Bonchev–Trinajstić information content (AvgIpc) is 2.93. The number of H-pyrrole nitrogens is 1. The van der Waals surface area contributed by atoms with E-state index in [0.29, 0.717) is 32.5 Å². The van der Waals surface area contributed by atoms with E-state index in [-0.39, 0.29) is 18.4 Å². The number of halogens is 2. The average molecular weight is 366 g/mol. The van der Waals surface area contributed by atoms with Crippen LogP contribution in [-0.2, 0) is 11.2 Å². The molecule has 0 fully saturated rings. The number of hydrogen-bond donors (Lipinski definition) is 2. The molecule has 6 nitrogen and oxygen atoms in total. The fourth-order valence-corrected chi connectivity index (χ4v) is 2.85. The van der Waals surface area contributed by atoms with E-state index in [1.165, 1.54) is 4.52 Å². The summed E-state index contributed by atoms with van der Waals surface area (Å²) in [5, 5.41) is 12.5. The molecule has 3 aromatic rings. The molecule has 0 aliphatic carbocycles. The second-order valence-electron chi connectivity index (χ2n) is 5.35. The van der Waals surface area contributed by atoms with E-state index in [2.05, 4.69) is 10.1 Å². The number of carboxylic acids is 1. The summed E-state index contributed by atoms with van der Waals surface area (Å²) < 4.78 is 1.31. The lowest BCUT2D eigenvalue weighted by Gasteiger charge is -2.06. The molecular formula is C16H13Cl2N3O3. The molecule has 0 bridgehead atoms. The molecule has 0 unspecified atom stereocenters. The van der Waals surface area contributed by atoms with E-state index in [1.54, 1.807) is 31.3 Å². The van der Waals surface area contributed by atoms with Crippen molar-refractivity contribution in [1.29, 1.82) is 0 Å². The first-order valence-electron chi connectivity index (χ1n) is 7.15. The van der Waals surface area contributed by atoms with Gasteiger partial charge in [0.15, 0.2) is 5.65 Å². The summed E-state index contributed by atoms with van der Waals surface area (Å²) in [7, 11) is 0. The van der Waals surface area contributed by atoms with Crippen LogP contribution in [0.5, 0.6) is 0 Å². The molecule has 0 radical (unpaired) electrons. The van der Waals surface area contributed by atoms with E-state index in [9.17, 15) is 9.59 Å². The number of hydrogen-bond acceptors (Lipinski definition) is 3. The fourth-order valence-electron chi connectivity index (χ4n) is 2.55. The zero-order valence-corrected chi connectivity index (χ0v) is 14.1. The zero-order valence-electron chi connectivity index (χ0n) is 12.6. The molecule has 0 spiro atoms. The molecule has 0 aliphatic heterocycles. The van der Waals surface area contributed by atoms with Crippen molar-refractivity contribution in [3.8, 4) is 11.1 Å². The predicted octanol–water partition coefficient (Wildman–Crippen LogP) is 3.32. The normalized spacial score (nSPS) is 11.1. The number of nitrogens with one attached hydrogen (secondary N) is 1. The highest BCUT2D eigenvalue weighted by Crippen LogP contribution is 2.30. The first kappa shape index (κ1) is 16.5. The minimum Gasteiger partial charge on any atom is -0.481 e. The predicted molar refractivity (Wildman–Crippen MR) is 92.0 cm³/mol. The lowest BCUT2D eigenvalue weighted by Crippen LogP contribution is -2.22. The van der Waals surface area contributed by atoms with Gasteiger partial charge < -0.3 is 5.11 Å². The van der Waals surface area contributed by atoms with Gasteiger partial charge >= 0.3 is 5.97 Å². The van der Waals surface area contributed by atoms with Gasteiger partial charge in [-0.2, -0.15) is 0 Å². The SMILES string of the molecule is Cc1nc2c(-c3ccc(Cl)c(Cl)c3)c[nH]n2c(=O)c1CCC(=O)O. The zero-order chi connectivity index (χ0) is 17.4. The van der Waals surface area contributed by atoms with Gasteiger partial charge in [0.1, 0.15) is 0 Å². The number of carboxylic acid groups (broad SMARTS) is 1. The van der Waals surface area contributed by atoms with E-state index >= 15 is 0 Å². The number of aromatic amines is 1. The third-order valence-electron chi connectivity index (χ3n) is 3.78. The first-order chi connectivity index (χ1) is 11.4. The van der Waals surface area contributed by atoms with Crippen LogP contribution in [0.1, 0.15) is 17.7 Å². The first-order valence-corrected chi connectivity index (χ1v) is 7.91. The van der Waals surface area contributed by atoms with Crippen LogP contribution in [0.3, 0.4) is 0 Å². The molecule has 2 aromatic heterocycles. The lowest BCUT2D eigenvalue weighted by molar-refractivity contribution is -0.136. The van der Waals surface area contributed by atoms with Crippen LogP contribution in [0.4, 0.5) is 0 Å². The maximum absolute atomic E-state index is 12.6. The maximum Gasteiger partial charge on any atom is 0.303 e. The van der Waals surface area contributed by atoms with Crippen LogP contribution in [0.15, 0.2) is 29.2 Å². The summed E-state index contributed by atoms with van der Waals surface area (Å²) in [6.07, 6.45) is 1.67. The van der Waals surface area contributed by atoms with Crippen LogP contribution in [-0.4, -0.2) is 25.7 Å². The minimum absolute atomic E-state index is 0.121. The van der Waals surface area contributed by atoms with Crippen LogP contribution < -0.4 is 5.56 Å². The third-order valence-corrected chi connectivity index (χ3v) is 4.52. The Morgan fingerprint density at radius 2 is 2.08 bits per heavy atom. The van der Waals surface area contributed by atoms with Crippen molar-refractivity contribution in [1.82, 2.24) is 14.6 Å². The summed E-state index contributed by atoms with van der Waals surface area (Å²) in [5.41, 5.74) is 2.53. The molecule has 8 heteroatoms. The molecule has 0 saturated heterocycles. The van der Waals surface area contributed by atoms with Gasteiger partial charge in [0.05, 0.1) is 10.0 Å². The molecule has 0 amide bonds. The summed E-state index contributed by atoms with van der Waals surface area (Å²) >= 11 is 12.0. The van der Waals surface area contributed by atoms with E-state index < -0.39 is 5.97 Å². The molecule has 2 N–H and O–H groups in total. The number of carbonyl (C=O) groups is 1. The molecule has 24 heavy (non-hydrogen) atoms. The number of aromatic nitrogens is 3. The van der Waals surface area contributed by atoms with Gasteiger partial charge in [-0.05, 0) is 31.0 Å². The summed E-state index contributed by atoms with van der Waals surface area (Å²) in [4.78, 5) is 27.8. The van der Waals surface area contributed by atoms with E-state index in [4.69, 9.17) is 28.3 Å². The molecule has 0 atom stereocenters. The smallest absolute Gasteiger partial charge is 0.303 e. The Bertz CT molecular complexity index is 1010. The number of benzene rings is 1. The highest BCUT2D eigenvalue weighted by molar-refractivity contribution is 6.42. The Morgan fingerprint density at radius 3 is 2.75 bits per heavy atom. The van der Waals surface area contributed by atoms with Crippen molar-refractivity contribution >= 4 is 34.8 Å². The van der Waals surface area contributed by atoms with Crippen molar-refractivity contribution < 1.29 is 9.90 Å². The number of nitrogens with zero attached hydrogens (tertiary/aromatic N) is 2. The van der Waals surface area contributed by atoms with Gasteiger partial charge in [0.25, 0.3) is 5.56 Å². The lowest BCUT2D eigenvalue weighted by atomic mass is 10.1. The fraction of sp³-hybridized carbons (Fsp3) is 0.188. The molecule has 3 rings (SSSR count). The van der Waals surface area contributed by atoms with Crippen molar-refractivity contribution in [2.24, 2.45) is 0 Å².